The highest BCUT2D eigenvalue weighted by Gasteiger charge is 2.20. The molecule has 2 heterocycles. The Balaban J connectivity index is 1.43. The second-order valence-electron chi connectivity index (χ2n) is 7.86. The van der Waals surface area contributed by atoms with E-state index in [1.165, 1.54) is 5.69 Å². The van der Waals surface area contributed by atoms with Crippen LogP contribution in [-0.2, 0) is 0 Å². The largest absolute Gasteiger partial charge is 0.497 e. The van der Waals surface area contributed by atoms with E-state index in [9.17, 15) is 0 Å². The van der Waals surface area contributed by atoms with Crippen molar-refractivity contribution in [2.24, 2.45) is 4.99 Å². The quantitative estimate of drug-likeness (QED) is 0.408. The highest BCUT2D eigenvalue weighted by molar-refractivity contribution is 5.94. The Morgan fingerprint density at radius 1 is 0.812 bits per heavy atom. The number of piperazine rings is 1. The Kier molecular flexibility index (Phi) is 5.71. The van der Waals surface area contributed by atoms with Crippen molar-refractivity contribution in [3.8, 4) is 5.75 Å². The van der Waals surface area contributed by atoms with Crippen LogP contribution in [0.4, 0.5) is 17.2 Å². The molecule has 4 aromatic rings. The Bertz CT molecular complexity index is 1210. The van der Waals surface area contributed by atoms with E-state index in [4.69, 9.17) is 14.7 Å². The number of nitrogens with zero attached hydrogens (tertiary/aromatic N) is 4. The zero-order chi connectivity index (χ0) is 21.8. The first-order valence-electron chi connectivity index (χ1n) is 10.9. The first kappa shape index (κ1) is 20.1. The minimum atomic E-state index is 0.827. The molecule has 0 spiro atoms. The second-order valence-corrected chi connectivity index (χ2v) is 7.86. The Morgan fingerprint density at radius 2 is 1.50 bits per heavy atom. The van der Waals surface area contributed by atoms with Crippen LogP contribution in [0.3, 0.4) is 0 Å². The van der Waals surface area contributed by atoms with E-state index in [0.717, 1.165) is 59.9 Å². The van der Waals surface area contributed by atoms with Crippen molar-refractivity contribution in [2.45, 2.75) is 0 Å². The van der Waals surface area contributed by atoms with Crippen LogP contribution in [-0.4, -0.2) is 44.5 Å². The smallest absolute Gasteiger partial charge is 0.138 e. The number of benzene rings is 3. The lowest BCUT2D eigenvalue weighted by molar-refractivity contribution is 0.415. The lowest BCUT2D eigenvalue weighted by Crippen LogP contribution is -2.47. The van der Waals surface area contributed by atoms with E-state index in [-0.39, 0.29) is 0 Å². The maximum absolute atomic E-state index is 5.25. The Morgan fingerprint density at radius 3 is 2.25 bits per heavy atom. The number of fused-ring (bicyclic) bond motifs is 1. The molecule has 1 aromatic heterocycles. The van der Waals surface area contributed by atoms with Crippen molar-refractivity contribution in [1.29, 1.82) is 0 Å². The van der Waals surface area contributed by atoms with Gasteiger partial charge < -0.3 is 14.5 Å². The number of aromatic nitrogens is 1. The zero-order valence-electron chi connectivity index (χ0n) is 18.2. The van der Waals surface area contributed by atoms with E-state index in [2.05, 4.69) is 58.3 Å². The summed E-state index contributed by atoms with van der Waals surface area (Å²) < 4.78 is 5.25. The van der Waals surface area contributed by atoms with Gasteiger partial charge in [-0.3, -0.25) is 4.99 Å². The average Bonchev–Trinajstić information content (AvgIpc) is 2.88. The highest BCUT2D eigenvalue weighted by Crippen LogP contribution is 2.26. The van der Waals surface area contributed by atoms with Gasteiger partial charge in [-0.15, -0.1) is 0 Å². The van der Waals surface area contributed by atoms with Crippen LogP contribution >= 0.6 is 0 Å². The Labute approximate surface area is 188 Å². The summed E-state index contributed by atoms with van der Waals surface area (Å²) in [6, 6.07) is 28.8. The third-order valence-corrected chi connectivity index (χ3v) is 5.86. The number of anilines is 2. The molecule has 5 rings (SSSR count). The van der Waals surface area contributed by atoms with Crippen molar-refractivity contribution >= 4 is 34.3 Å². The predicted octanol–water partition coefficient (Wildman–Crippen LogP) is 5.32. The summed E-state index contributed by atoms with van der Waals surface area (Å²) in [5.41, 5.74) is 4.21. The van der Waals surface area contributed by atoms with Gasteiger partial charge in [-0.25, -0.2) is 4.98 Å². The van der Waals surface area contributed by atoms with Crippen molar-refractivity contribution in [3.63, 3.8) is 0 Å². The summed E-state index contributed by atoms with van der Waals surface area (Å²) in [6.45, 7) is 3.77. The molecule has 5 heteroatoms. The van der Waals surface area contributed by atoms with Crippen LogP contribution < -0.4 is 14.5 Å². The molecule has 32 heavy (non-hydrogen) atoms. The lowest BCUT2D eigenvalue weighted by atomic mass is 10.1. The van der Waals surface area contributed by atoms with Crippen LogP contribution in [0.2, 0.25) is 0 Å². The van der Waals surface area contributed by atoms with Gasteiger partial charge in [0.15, 0.2) is 0 Å². The molecule has 0 N–H and O–H groups in total. The van der Waals surface area contributed by atoms with E-state index in [1.807, 2.05) is 42.6 Å². The molecular formula is C27H26N4O. The standard InChI is InChI=1S/C27H26N4O/c1-32-25-13-11-23(12-14-25)28-20-22-19-21-7-5-6-10-26(21)29-27(22)31-17-15-30(16-18-31)24-8-3-2-4-9-24/h2-14,19-20H,15-18H2,1H3. The fourth-order valence-electron chi connectivity index (χ4n) is 4.10. The predicted molar refractivity (Wildman–Crippen MR) is 133 cm³/mol. The van der Waals surface area contributed by atoms with Crippen molar-refractivity contribution in [1.82, 2.24) is 4.98 Å². The fraction of sp³-hybridized carbons (Fsp3) is 0.185. The van der Waals surface area contributed by atoms with E-state index >= 15 is 0 Å². The molecule has 160 valence electrons. The lowest BCUT2D eigenvalue weighted by Gasteiger charge is -2.37. The molecule has 1 saturated heterocycles. The van der Waals surface area contributed by atoms with E-state index < -0.39 is 0 Å². The van der Waals surface area contributed by atoms with Crippen molar-refractivity contribution < 1.29 is 4.74 Å². The number of para-hydroxylation sites is 2. The summed E-state index contributed by atoms with van der Waals surface area (Å²) in [7, 11) is 1.67. The third kappa shape index (κ3) is 4.28. The summed E-state index contributed by atoms with van der Waals surface area (Å²) in [6.07, 6.45) is 1.93. The highest BCUT2D eigenvalue weighted by atomic mass is 16.5. The van der Waals surface area contributed by atoms with Crippen LogP contribution in [0, 0.1) is 0 Å². The third-order valence-electron chi connectivity index (χ3n) is 5.86. The van der Waals surface area contributed by atoms with Gasteiger partial charge in [0, 0.05) is 49.0 Å². The molecule has 0 aliphatic carbocycles. The van der Waals surface area contributed by atoms with Crippen LogP contribution in [0.5, 0.6) is 5.75 Å². The van der Waals surface area contributed by atoms with Gasteiger partial charge in [-0.05, 0) is 48.5 Å². The van der Waals surface area contributed by atoms with Crippen molar-refractivity contribution in [2.75, 3.05) is 43.1 Å². The van der Waals surface area contributed by atoms with Gasteiger partial charge >= 0.3 is 0 Å². The number of hydrogen-bond acceptors (Lipinski definition) is 5. The first-order chi connectivity index (χ1) is 15.8. The monoisotopic (exact) mass is 422 g/mol. The topological polar surface area (TPSA) is 41.0 Å². The number of methoxy groups -OCH3 is 1. The molecule has 5 nitrogen and oxygen atoms in total. The SMILES string of the molecule is COc1ccc(N=Cc2cc3ccccc3nc2N2CCN(c3ccccc3)CC2)cc1. The maximum atomic E-state index is 5.25. The van der Waals surface area contributed by atoms with Gasteiger partial charge in [0.05, 0.1) is 18.3 Å². The number of ether oxygens (including phenoxy) is 1. The molecule has 0 atom stereocenters. The molecule has 0 amide bonds. The number of hydrogen-bond donors (Lipinski definition) is 0. The second kappa shape index (κ2) is 9.10. The molecule has 1 aliphatic heterocycles. The van der Waals surface area contributed by atoms with Gasteiger partial charge in [0.2, 0.25) is 0 Å². The molecule has 0 unspecified atom stereocenters. The van der Waals surface area contributed by atoms with Gasteiger partial charge in [0.25, 0.3) is 0 Å². The minimum absolute atomic E-state index is 0.827. The van der Waals surface area contributed by atoms with Crippen LogP contribution in [0.25, 0.3) is 10.9 Å². The van der Waals surface area contributed by atoms with E-state index in [0.29, 0.717) is 0 Å². The first-order valence-corrected chi connectivity index (χ1v) is 10.9. The molecular weight excluding hydrogens is 396 g/mol. The molecule has 3 aromatic carbocycles. The van der Waals surface area contributed by atoms with Crippen LogP contribution in [0.15, 0.2) is 89.9 Å². The minimum Gasteiger partial charge on any atom is -0.497 e. The van der Waals surface area contributed by atoms with Gasteiger partial charge in [-0.2, -0.15) is 0 Å². The summed E-state index contributed by atoms with van der Waals surface area (Å²) in [4.78, 5) is 14.6. The normalized spacial score (nSPS) is 14.3. The molecule has 0 radical (unpaired) electrons. The van der Waals surface area contributed by atoms with Crippen LogP contribution in [0.1, 0.15) is 5.56 Å². The fourth-order valence-corrected chi connectivity index (χ4v) is 4.10. The number of pyridine rings is 1. The van der Waals surface area contributed by atoms with Crippen molar-refractivity contribution in [3.05, 3.63) is 90.5 Å². The number of rotatable bonds is 5. The maximum Gasteiger partial charge on any atom is 0.138 e. The number of aliphatic imine (C=N–C) groups is 1. The van der Waals surface area contributed by atoms with E-state index in [1.54, 1.807) is 7.11 Å². The molecule has 1 fully saturated rings. The van der Waals surface area contributed by atoms with Gasteiger partial charge in [0.1, 0.15) is 11.6 Å². The molecule has 0 bridgehead atoms. The summed E-state index contributed by atoms with van der Waals surface area (Å²) in [5, 5.41) is 1.12. The Hall–Kier alpha value is -3.86. The van der Waals surface area contributed by atoms with Gasteiger partial charge in [-0.1, -0.05) is 36.4 Å². The molecule has 1 aliphatic rings. The summed E-state index contributed by atoms with van der Waals surface area (Å²) in [5.74, 6) is 1.82. The molecule has 0 saturated carbocycles. The zero-order valence-corrected chi connectivity index (χ0v) is 18.2. The summed E-state index contributed by atoms with van der Waals surface area (Å²) >= 11 is 0. The average molecular weight is 423 g/mol.